The van der Waals surface area contributed by atoms with Gasteiger partial charge in [0.15, 0.2) is 5.82 Å². The Hall–Kier alpha value is -1.75. The number of hydrogen-bond acceptors (Lipinski definition) is 6. The van der Waals surface area contributed by atoms with Gasteiger partial charge in [-0.25, -0.2) is 4.39 Å². The van der Waals surface area contributed by atoms with Crippen molar-refractivity contribution in [2.24, 2.45) is 0 Å². The largest absolute Gasteiger partial charge is 0.394 e. The number of nitrogens with zero attached hydrogens (tertiary/aromatic N) is 3. The van der Waals surface area contributed by atoms with Crippen molar-refractivity contribution < 1.29 is 14.2 Å². The Bertz CT molecular complexity index is 563. The molecule has 2 rings (SSSR count). The number of likely N-dealkylation sites (N-methyl/N-ethyl adjacent to an activating group) is 1. The first-order valence-electron chi connectivity index (χ1n) is 7.19. The second-order valence-corrected chi connectivity index (χ2v) is 5.70. The minimum atomic E-state index is -0.608. The van der Waals surface area contributed by atoms with Gasteiger partial charge in [-0.15, -0.1) is 0 Å². The SMILES string of the molecule is C[C@@H]1COC[C@@](CO)(CNc2cc(CC#N)ncc2F)N1C. The number of anilines is 1. The van der Waals surface area contributed by atoms with Gasteiger partial charge in [0.1, 0.15) is 0 Å². The maximum atomic E-state index is 13.9. The summed E-state index contributed by atoms with van der Waals surface area (Å²) >= 11 is 0. The van der Waals surface area contributed by atoms with E-state index in [1.807, 2.05) is 20.0 Å². The van der Waals surface area contributed by atoms with E-state index in [4.69, 9.17) is 10.00 Å². The number of aromatic nitrogens is 1. The number of nitrogens with one attached hydrogen (secondary N) is 1. The zero-order chi connectivity index (χ0) is 16.2. The molecule has 1 aromatic rings. The Morgan fingerprint density at radius 3 is 3.14 bits per heavy atom. The number of aliphatic hydroxyl groups is 1. The predicted octanol–water partition coefficient (Wildman–Crippen LogP) is 0.780. The molecule has 22 heavy (non-hydrogen) atoms. The van der Waals surface area contributed by atoms with Crippen LogP contribution in [0, 0.1) is 17.1 Å². The monoisotopic (exact) mass is 308 g/mol. The van der Waals surface area contributed by atoms with Crippen molar-refractivity contribution in [3.63, 3.8) is 0 Å². The van der Waals surface area contributed by atoms with Gasteiger partial charge in [0, 0.05) is 12.6 Å². The van der Waals surface area contributed by atoms with Gasteiger partial charge in [-0.05, 0) is 20.0 Å². The van der Waals surface area contributed by atoms with Crippen molar-refractivity contribution in [1.82, 2.24) is 9.88 Å². The predicted molar refractivity (Wildman–Crippen MR) is 79.9 cm³/mol. The van der Waals surface area contributed by atoms with E-state index < -0.39 is 11.4 Å². The van der Waals surface area contributed by atoms with E-state index in [2.05, 4.69) is 15.2 Å². The lowest BCUT2D eigenvalue weighted by molar-refractivity contribution is -0.101. The fraction of sp³-hybridized carbons (Fsp3) is 0.600. The summed E-state index contributed by atoms with van der Waals surface area (Å²) in [6.45, 7) is 3.22. The van der Waals surface area contributed by atoms with Crippen LogP contribution in [0.5, 0.6) is 0 Å². The van der Waals surface area contributed by atoms with Gasteiger partial charge in [-0.3, -0.25) is 9.88 Å². The van der Waals surface area contributed by atoms with Gasteiger partial charge >= 0.3 is 0 Å². The first kappa shape index (κ1) is 16.6. The number of ether oxygens (including phenoxy) is 1. The Morgan fingerprint density at radius 1 is 1.68 bits per heavy atom. The Morgan fingerprint density at radius 2 is 2.45 bits per heavy atom. The molecule has 2 N–H and O–H groups in total. The zero-order valence-electron chi connectivity index (χ0n) is 12.8. The van der Waals surface area contributed by atoms with Gasteiger partial charge in [0.05, 0.1) is 55.4 Å². The molecule has 6 nitrogen and oxygen atoms in total. The van der Waals surface area contributed by atoms with Crippen LogP contribution in [0.25, 0.3) is 0 Å². The highest BCUT2D eigenvalue weighted by Crippen LogP contribution is 2.24. The minimum Gasteiger partial charge on any atom is -0.394 e. The lowest BCUT2D eigenvalue weighted by atomic mass is 9.96. The van der Waals surface area contributed by atoms with Crippen LogP contribution >= 0.6 is 0 Å². The van der Waals surface area contributed by atoms with E-state index in [0.717, 1.165) is 6.20 Å². The lowest BCUT2D eigenvalue weighted by Gasteiger charge is -2.47. The first-order valence-corrected chi connectivity index (χ1v) is 7.19. The Balaban J connectivity index is 2.13. The Labute approximate surface area is 129 Å². The van der Waals surface area contributed by atoms with Gasteiger partial charge in [-0.1, -0.05) is 0 Å². The van der Waals surface area contributed by atoms with Crippen molar-refractivity contribution in [1.29, 1.82) is 5.26 Å². The number of halogens is 1. The summed E-state index contributed by atoms with van der Waals surface area (Å²) in [6, 6.07) is 3.68. The zero-order valence-corrected chi connectivity index (χ0v) is 12.8. The first-order chi connectivity index (χ1) is 10.5. The van der Waals surface area contributed by atoms with Crippen molar-refractivity contribution in [3.8, 4) is 6.07 Å². The second-order valence-electron chi connectivity index (χ2n) is 5.70. The topological polar surface area (TPSA) is 81.4 Å². The molecule has 0 radical (unpaired) electrons. The molecule has 0 bridgehead atoms. The molecule has 0 aliphatic carbocycles. The van der Waals surface area contributed by atoms with Gasteiger partial charge in [0.2, 0.25) is 0 Å². The molecule has 2 heterocycles. The van der Waals surface area contributed by atoms with E-state index in [1.165, 1.54) is 6.07 Å². The summed E-state index contributed by atoms with van der Waals surface area (Å²) in [4.78, 5) is 5.92. The van der Waals surface area contributed by atoms with Crippen LogP contribution in [-0.4, -0.2) is 60.0 Å². The molecular weight excluding hydrogens is 287 g/mol. The van der Waals surface area contributed by atoms with E-state index in [0.29, 0.717) is 25.5 Å². The molecule has 0 saturated carbocycles. The number of rotatable bonds is 5. The van der Waals surface area contributed by atoms with Gasteiger partial charge in [-0.2, -0.15) is 5.26 Å². The average molecular weight is 308 g/mol. The average Bonchev–Trinajstić information content (AvgIpc) is 2.52. The van der Waals surface area contributed by atoms with Crippen LogP contribution in [0.15, 0.2) is 12.3 Å². The van der Waals surface area contributed by atoms with E-state index in [1.54, 1.807) is 0 Å². The number of pyridine rings is 1. The molecular formula is C15H21FN4O2. The number of nitriles is 1. The molecule has 0 amide bonds. The van der Waals surface area contributed by atoms with Crippen molar-refractivity contribution in [2.75, 3.05) is 38.7 Å². The number of hydrogen-bond donors (Lipinski definition) is 2. The van der Waals surface area contributed by atoms with Crippen molar-refractivity contribution >= 4 is 5.69 Å². The van der Waals surface area contributed by atoms with Crippen LogP contribution in [0.2, 0.25) is 0 Å². The molecule has 7 heteroatoms. The molecule has 1 saturated heterocycles. The van der Waals surface area contributed by atoms with Crippen molar-refractivity contribution in [2.45, 2.75) is 24.9 Å². The van der Waals surface area contributed by atoms with Crippen molar-refractivity contribution in [3.05, 3.63) is 23.8 Å². The maximum Gasteiger partial charge on any atom is 0.164 e. The van der Waals surface area contributed by atoms with Crippen LogP contribution in [-0.2, 0) is 11.2 Å². The highest BCUT2D eigenvalue weighted by Gasteiger charge is 2.40. The smallest absolute Gasteiger partial charge is 0.164 e. The van der Waals surface area contributed by atoms with Crippen LogP contribution in [0.4, 0.5) is 10.1 Å². The normalized spacial score (nSPS) is 25.7. The molecule has 0 unspecified atom stereocenters. The summed E-state index contributed by atoms with van der Waals surface area (Å²) in [6.07, 6.45) is 1.23. The molecule has 120 valence electrons. The summed E-state index contributed by atoms with van der Waals surface area (Å²) in [5.74, 6) is -0.484. The molecule has 1 aliphatic rings. The standard InChI is InChI=1S/C15H21FN4O2/c1-11-7-22-10-15(9-21,20(11)2)8-19-14-5-12(3-4-17)18-6-13(14)16/h5-6,11,21H,3,7-10H2,1-2H3,(H,18,19)/t11-,15+/m1/s1. The fourth-order valence-electron chi connectivity index (χ4n) is 2.54. The second kappa shape index (κ2) is 7.01. The molecule has 1 aromatic heterocycles. The summed E-state index contributed by atoms with van der Waals surface area (Å²) in [5, 5.41) is 21.5. The van der Waals surface area contributed by atoms with E-state index in [9.17, 15) is 9.50 Å². The quantitative estimate of drug-likeness (QED) is 0.836. The van der Waals surface area contributed by atoms with Gasteiger partial charge < -0.3 is 15.2 Å². The number of aliphatic hydroxyl groups excluding tert-OH is 1. The third-order valence-electron chi connectivity index (χ3n) is 4.21. The van der Waals surface area contributed by atoms with Gasteiger partial charge in [0.25, 0.3) is 0 Å². The Kier molecular flexibility index (Phi) is 5.29. The molecule has 1 fully saturated rings. The fourth-order valence-corrected chi connectivity index (χ4v) is 2.54. The summed E-state index contributed by atoms with van der Waals surface area (Å²) < 4.78 is 19.4. The maximum absolute atomic E-state index is 13.9. The highest BCUT2D eigenvalue weighted by molar-refractivity contribution is 5.45. The summed E-state index contributed by atoms with van der Waals surface area (Å²) in [5.41, 5.74) is 0.175. The number of morpholine rings is 1. The van der Waals surface area contributed by atoms with Crippen LogP contribution in [0.3, 0.4) is 0 Å². The molecule has 1 aliphatic heterocycles. The highest BCUT2D eigenvalue weighted by atomic mass is 19.1. The third kappa shape index (κ3) is 3.35. The summed E-state index contributed by atoms with van der Waals surface area (Å²) in [7, 11) is 1.93. The lowest BCUT2D eigenvalue weighted by Crippen LogP contribution is -2.64. The molecule has 0 aromatic carbocycles. The molecule has 0 spiro atoms. The third-order valence-corrected chi connectivity index (χ3v) is 4.21. The van der Waals surface area contributed by atoms with Crippen LogP contribution in [0.1, 0.15) is 12.6 Å². The minimum absolute atomic E-state index is 0.0986. The van der Waals surface area contributed by atoms with Crippen LogP contribution < -0.4 is 5.32 Å². The molecule has 2 atom stereocenters. The van der Waals surface area contributed by atoms with E-state index >= 15 is 0 Å². The van der Waals surface area contributed by atoms with E-state index in [-0.39, 0.29) is 24.8 Å².